The van der Waals surface area contributed by atoms with Crippen LogP contribution in [0.3, 0.4) is 0 Å². The van der Waals surface area contributed by atoms with Crippen molar-refractivity contribution < 1.29 is 29.3 Å². The Morgan fingerprint density at radius 2 is 1.89 bits per heavy atom. The van der Waals surface area contributed by atoms with Gasteiger partial charge in [-0.1, -0.05) is 0 Å². The first-order valence-electron chi connectivity index (χ1n) is 5.17. The molecular formula is C10H18FmNO6-. The van der Waals surface area contributed by atoms with Crippen LogP contribution in [0.2, 0.25) is 0 Å². The fourth-order valence-electron chi connectivity index (χ4n) is 0.823. The number of rotatable bonds is 10. The van der Waals surface area contributed by atoms with Crippen LogP contribution in [0.1, 0.15) is 6.92 Å². The molecule has 0 spiro atoms. The minimum atomic E-state index is -1.28. The maximum atomic E-state index is 11.4. The first-order valence-corrected chi connectivity index (χ1v) is 5.17. The van der Waals surface area contributed by atoms with Crippen LogP contribution in [-0.4, -0.2) is 62.2 Å². The Morgan fingerprint density at radius 3 is 2.39 bits per heavy atom. The number of esters is 1. The van der Waals surface area contributed by atoms with Crippen LogP contribution in [0, 0.1) is 5.41 Å². The van der Waals surface area contributed by atoms with Crippen LogP contribution >= 0.6 is 0 Å². The Bertz CT molecular complexity index is 234. The molecule has 112 valence electrons. The van der Waals surface area contributed by atoms with E-state index < -0.39 is 24.6 Å². The summed E-state index contributed by atoms with van der Waals surface area (Å²) in [5, 5.41) is 20.1. The molecule has 7 nitrogen and oxygen atoms in total. The van der Waals surface area contributed by atoms with Gasteiger partial charge in [-0.2, -0.15) is 6.41 Å². The molecular weight excluding hydrogens is 487 g/mol. The van der Waals surface area contributed by atoms with E-state index in [1.807, 2.05) is 0 Å². The van der Waals surface area contributed by atoms with Gasteiger partial charge in [-0.3, -0.25) is 4.79 Å². The molecule has 0 saturated carbocycles. The number of carbonyl (C=O) groups is 1. The molecule has 0 aliphatic carbocycles. The van der Waals surface area contributed by atoms with Crippen molar-refractivity contribution in [2.24, 2.45) is 5.41 Å². The third-order valence-corrected chi connectivity index (χ3v) is 2.10. The van der Waals surface area contributed by atoms with Gasteiger partial charge >= 0.3 is 5.97 Å². The monoisotopic (exact) mass is 505 g/mol. The molecule has 0 aromatic rings. The van der Waals surface area contributed by atoms with Crippen molar-refractivity contribution in [1.29, 1.82) is 0 Å². The Kier molecular flexibility index (Phi) is 10.1. The van der Waals surface area contributed by atoms with Gasteiger partial charge in [0.25, 0.3) is 0 Å². The number of amides is 1. The molecule has 0 aliphatic heterocycles. The summed E-state index contributed by atoms with van der Waals surface area (Å²) in [7, 11) is 0. The van der Waals surface area contributed by atoms with Gasteiger partial charge in [-0.25, -0.2) is 0 Å². The predicted octanol–water partition coefficient (Wildman–Crippen LogP) is -1.81. The summed E-state index contributed by atoms with van der Waals surface area (Å²) < 4.78 is 9.84. The van der Waals surface area contributed by atoms with Gasteiger partial charge in [0.1, 0.15) is 12.0 Å². The first-order chi connectivity index (χ1) is 8.10. The van der Waals surface area contributed by atoms with Crippen molar-refractivity contribution in [3.8, 4) is 0 Å². The molecule has 0 saturated heterocycles. The van der Waals surface area contributed by atoms with Crippen LogP contribution in [0.15, 0.2) is 0 Å². The Morgan fingerprint density at radius 1 is 1.28 bits per heavy atom. The van der Waals surface area contributed by atoms with Gasteiger partial charge in [-0.15, -0.1) is 0 Å². The van der Waals surface area contributed by atoms with E-state index in [9.17, 15) is 9.59 Å². The van der Waals surface area contributed by atoms with Crippen molar-refractivity contribution >= 4 is 12.4 Å². The summed E-state index contributed by atoms with van der Waals surface area (Å²) >= 11 is 0. The van der Waals surface area contributed by atoms with E-state index in [1.54, 1.807) is 0 Å². The fourth-order valence-corrected chi connectivity index (χ4v) is 0.823. The molecule has 0 aromatic heterocycles. The van der Waals surface area contributed by atoms with Crippen molar-refractivity contribution in [1.82, 2.24) is 5.32 Å². The summed E-state index contributed by atoms with van der Waals surface area (Å²) in [6.07, 6.45) is 1.49. The second kappa shape index (κ2) is 10.0. The molecule has 0 bridgehead atoms. The maximum absolute atomic E-state index is 11.4. The Balaban J connectivity index is 0. The molecule has 3 N–H and O–H groups in total. The zero-order chi connectivity index (χ0) is 13.1. The van der Waals surface area contributed by atoms with Crippen LogP contribution in [-0.2, 0) is 19.1 Å². The minimum absolute atomic E-state index is 0. The van der Waals surface area contributed by atoms with Gasteiger partial charge < -0.3 is 29.8 Å². The van der Waals surface area contributed by atoms with E-state index in [1.165, 1.54) is 13.3 Å². The number of ether oxygens (including phenoxy) is 2. The zero-order valence-electron chi connectivity index (χ0n) is 10.1. The normalized spacial score (nSPS) is 10.4. The summed E-state index contributed by atoms with van der Waals surface area (Å²) in [5.74, 6) is -0.676. The van der Waals surface area contributed by atoms with Gasteiger partial charge in [0.15, 0.2) is 0 Å². The van der Waals surface area contributed by atoms with E-state index in [-0.39, 0.29) is 13.2 Å². The molecule has 0 unspecified atom stereocenters. The summed E-state index contributed by atoms with van der Waals surface area (Å²) in [5.41, 5.74) is -1.28. The number of nitrogens with one attached hydrogen (secondary N) is 1. The number of hydrogen-bond acceptors (Lipinski definition) is 6. The molecule has 0 radical (unpaired) electrons. The number of carbonyl (C=O) groups excluding carboxylic acids is 2. The van der Waals surface area contributed by atoms with Gasteiger partial charge in [0.05, 0.1) is 26.4 Å². The Hall–Kier alpha value is -2.18. The number of aliphatic hydroxyl groups excluding tert-OH is 2. The van der Waals surface area contributed by atoms with Gasteiger partial charge in [-0.05, 0) is 6.92 Å². The summed E-state index contributed by atoms with van der Waals surface area (Å²) in [4.78, 5) is 21.2. The minimum Gasteiger partial charge on any atom is -0.528 e. The molecule has 0 aromatic carbocycles. The average molecular weight is 505 g/mol. The van der Waals surface area contributed by atoms with Crippen molar-refractivity contribution in [3.05, 3.63) is 0 Å². The van der Waals surface area contributed by atoms with E-state index in [4.69, 9.17) is 19.7 Å². The summed E-state index contributed by atoms with van der Waals surface area (Å²) in [6, 6.07) is 0. The zero-order valence-corrected chi connectivity index (χ0v) is 12.5. The van der Waals surface area contributed by atoms with Gasteiger partial charge in [0, 0.05) is 6.54 Å². The van der Waals surface area contributed by atoms with Gasteiger partial charge in [0.2, 0.25) is 0 Å². The molecule has 0 atom stereocenters. The summed E-state index contributed by atoms with van der Waals surface area (Å²) in [6.45, 7) is 1.27. The third-order valence-electron chi connectivity index (χ3n) is 2.10. The van der Waals surface area contributed by atoms with Crippen molar-refractivity contribution in [2.45, 2.75) is 6.92 Å². The quantitative estimate of drug-likeness (QED) is 0.140. The largest absolute Gasteiger partial charge is 0.528 e. The molecule has 0 aliphatic rings. The smallest absolute Gasteiger partial charge is 0.316 e. The van der Waals surface area contributed by atoms with E-state index in [0.29, 0.717) is 13.2 Å². The topological polar surface area (TPSA) is 105 Å². The molecule has 8 heteroatoms. The van der Waals surface area contributed by atoms with Crippen LogP contribution in [0.25, 0.3) is 0 Å². The van der Waals surface area contributed by atoms with Crippen molar-refractivity contribution in [2.75, 3.05) is 39.6 Å². The fraction of sp³-hybridized carbons (Fsp3) is 0.800. The first kappa shape index (κ1) is 18.2. The van der Waals surface area contributed by atoms with Crippen LogP contribution < -0.4 is 5.32 Å². The van der Waals surface area contributed by atoms with Crippen molar-refractivity contribution in [3.63, 3.8) is 0 Å². The standard InChI is InChI=1S/C10H18NO6.Fm/c1-10(6-12,7-13)9(15)17-5-4-16-3-2-11-8-14;/h12-13H,2-7H2,1H3,(H,11,14);/q-1;. The van der Waals surface area contributed by atoms with E-state index in [2.05, 4.69) is 5.32 Å². The number of aliphatic hydroxyl groups is 2. The molecule has 1 amide bonds. The second-order valence-corrected chi connectivity index (χ2v) is 3.65. The van der Waals surface area contributed by atoms with Crippen LogP contribution in [0.4, 0.5) is 0 Å². The van der Waals surface area contributed by atoms with Crippen LogP contribution in [0.5, 0.6) is 0 Å². The van der Waals surface area contributed by atoms with E-state index >= 15 is 0 Å². The second-order valence-electron chi connectivity index (χ2n) is 3.65. The SMILES string of the molecule is CC(CO)(CO)C(=O)OCCOCCN[C-]=O.[Fm]. The maximum Gasteiger partial charge on any atom is 0.316 e. The molecule has 0 fully saturated rings. The predicted molar refractivity (Wildman–Crippen MR) is 57.8 cm³/mol. The Labute approximate surface area is 99.7 Å². The van der Waals surface area contributed by atoms with E-state index in [0.717, 1.165) is 0 Å². The average Bonchev–Trinajstić information content (AvgIpc) is 2.36. The molecule has 18 heavy (non-hydrogen) atoms. The number of hydrogen-bond donors (Lipinski definition) is 3. The molecule has 0 heterocycles. The molecule has 0 rings (SSSR count). The third kappa shape index (κ3) is 6.41.